The average molecular weight is 299 g/mol. The minimum atomic E-state index is -1.17. The molecule has 0 aliphatic rings. The molecule has 2 heterocycles. The first-order valence-electron chi connectivity index (χ1n) is 6.64. The predicted octanol–water partition coefficient (Wildman–Crippen LogP) is 2.96. The van der Waals surface area contributed by atoms with Gasteiger partial charge in [0.1, 0.15) is 5.58 Å². The van der Waals surface area contributed by atoms with Gasteiger partial charge in [-0.25, -0.2) is 4.79 Å². The summed E-state index contributed by atoms with van der Waals surface area (Å²) >= 11 is 0. The zero-order valence-corrected chi connectivity index (χ0v) is 11.8. The molecule has 0 fully saturated rings. The molecule has 0 spiro atoms. The number of aryl methyl sites for hydroxylation is 1. The third-order valence-corrected chi connectivity index (χ3v) is 3.39. The van der Waals surface area contributed by atoms with Gasteiger partial charge in [0.25, 0.3) is 5.91 Å². The Morgan fingerprint density at radius 2 is 1.95 bits per heavy atom. The van der Waals surface area contributed by atoms with Gasteiger partial charge < -0.3 is 19.3 Å². The number of fused-ring (bicyclic) bond motifs is 1. The summed E-state index contributed by atoms with van der Waals surface area (Å²) in [6, 6.07) is 8.66. The smallest absolute Gasteiger partial charge is 0.372 e. The van der Waals surface area contributed by atoms with Crippen molar-refractivity contribution in [2.24, 2.45) is 0 Å². The molecule has 3 aromatic rings. The number of hydrogen-bond acceptors (Lipinski definition) is 4. The Morgan fingerprint density at radius 1 is 1.18 bits per heavy atom. The summed E-state index contributed by atoms with van der Waals surface area (Å²) in [5.74, 6) is -1.53. The first kappa shape index (κ1) is 13.9. The molecule has 1 aromatic carbocycles. The number of nitrogens with one attached hydrogen (secondary N) is 1. The van der Waals surface area contributed by atoms with Gasteiger partial charge in [0.05, 0.1) is 6.26 Å². The molecule has 0 aliphatic carbocycles. The molecule has 112 valence electrons. The molecule has 0 bridgehead atoms. The van der Waals surface area contributed by atoms with Crippen LogP contribution in [0.3, 0.4) is 0 Å². The highest BCUT2D eigenvalue weighted by molar-refractivity contribution is 5.96. The van der Waals surface area contributed by atoms with Gasteiger partial charge in [-0.15, -0.1) is 0 Å². The Balaban J connectivity index is 1.90. The second-order valence-electron chi connectivity index (χ2n) is 4.83. The first-order chi connectivity index (χ1) is 10.6. The van der Waals surface area contributed by atoms with E-state index in [1.165, 1.54) is 6.26 Å². The van der Waals surface area contributed by atoms with Crippen LogP contribution in [0.5, 0.6) is 0 Å². The van der Waals surface area contributed by atoms with E-state index in [0.717, 1.165) is 0 Å². The van der Waals surface area contributed by atoms with Crippen molar-refractivity contribution in [3.8, 4) is 0 Å². The van der Waals surface area contributed by atoms with Gasteiger partial charge in [0.2, 0.25) is 5.76 Å². The Hall–Kier alpha value is -3.02. The lowest BCUT2D eigenvalue weighted by Gasteiger charge is -2.04. The van der Waals surface area contributed by atoms with Crippen LogP contribution < -0.4 is 5.32 Å². The van der Waals surface area contributed by atoms with E-state index in [4.69, 9.17) is 8.83 Å². The average Bonchev–Trinajstić information content (AvgIpc) is 3.08. The highest BCUT2D eigenvalue weighted by atomic mass is 16.4. The minimum absolute atomic E-state index is 0.0393. The summed E-state index contributed by atoms with van der Waals surface area (Å²) in [5.41, 5.74) is 1.62. The van der Waals surface area contributed by atoms with E-state index in [1.54, 1.807) is 37.3 Å². The number of carboxylic acids is 1. The van der Waals surface area contributed by atoms with Crippen molar-refractivity contribution in [1.82, 2.24) is 5.32 Å². The number of aromatic carboxylic acids is 1. The van der Waals surface area contributed by atoms with Crippen LogP contribution in [0.4, 0.5) is 0 Å². The Morgan fingerprint density at radius 3 is 2.64 bits per heavy atom. The Kier molecular flexibility index (Phi) is 3.42. The molecule has 0 saturated heterocycles. The molecule has 0 unspecified atom stereocenters. The Labute approximate surface area is 125 Å². The van der Waals surface area contributed by atoms with Crippen molar-refractivity contribution >= 4 is 22.8 Å². The van der Waals surface area contributed by atoms with Crippen LogP contribution in [0.15, 0.2) is 45.4 Å². The Bertz CT molecular complexity index is 858. The molecule has 22 heavy (non-hydrogen) atoms. The maximum atomic E-state index is 12.1. The van der Waals surface area contributed by atoms with Gasteiger partial charge in [-0.2, -0.15) is 0 Å². The number of carbonyl (C=O) groups excluding carboxylic acids is 1. The van der Waals surface area contributed by atoms with E-state index in [0.29, 0.717) is 22.1 Å². The van der Waals surface area contributed by atoms with E-state index in [2.05, 4.69) is 5.32 Å². The zero-order chi connectivity index (χ0) is 15.7. The fourth-order valence-corrected chi connectivity index (χ4v) is 2.30. The maximum Gasteiger partial charge on any atom is 0.372 e. The largest absolute Gasteiger partial charge is 0.475 e. The van der Waals surface area contributed by atoms with Crippen LogP contribution in [0, 0.1) is 6.92 Å². The lowest BCUT2D eigenvalue weighted by Crippen LogP contribution is -2.23. The third kappa shape index (κ3) is 2.35. The van der Waals surface area contributed by atoms with Gasteiger partial charge in [0, 0.05) is 23.1 Å². The fraction of sp³-hybridized carbons (Fsp3) is 0.125. The SMILES string of the molecule is Cc1ccoc1C(=O)NCc1c(C(=O)O)oc2ccccc12. The molecular weight excluding hydrogens is 286 g/mol. The van der Waals surface area contributed by atoms with Crippen LogP contribution in [-0.2, 0) is 6.54 Å². The van der Waals surface area contributed by atoms with Crippen LogP contribution in [-0.4, -0.2) is 17.0 Å². The molecule has 0 saturated carbocycles. The van der Waals surface area contributed by atoms with Gasteiger partial charge in [-0.3, -0.25) is 4.79 Å². The molecule has 0 radical (unpaired) electrons. The molecule has 3 rings (SSSR count). The van der Waals surface area contributed by atoms with Crippen molar-refractivity contribution in [1.29, 1.82) is 0 Å². The van der Waals surface area contributed by atoms with Crippen molar-refractivity contribution in [2.75, 3.05) is 0 Å². The number of carboxylic acid groups (broad SMARTS) is 1. The fourth-order valence-electron chi connectivity index (χ4n) is 2.30. The van der Waals surface area contributed by atoms with Crippen LogP contribution in [0.1, 0.15) is 32.2 Å². The van der Waals surface area contributed by atoms with Crippen LogP contribution in [0.2, 0.25) is 0 Å². The van der Waals surface area contributed by atoms with Crippen LogP contribution in [0.25, 0.3) is 11.0 Å². The van der Waals surface area contributed by atoms with Gasteiger partial charge >= 0.3 is 5.97 Å². The number of carbonyl (C=O) groups is 2. The monoisotopic (exact) mass is 299 g/mol. The first-order valence-corrected chi connectivity index (χ1v) is 6.64. The number of rotatable bonds is 4. The maximum absolute atomic E-state index is 12.1. The van der Waals surface area contributed by atoms with Gasteiger partial charge in [-0.05, 0) is 19.1 Å². The standard InChI is InChI=1S/C16H13NO5/c1-9-6-7-21-13(9)15(18)17-8-11-10-4-2-3-5-12(10)22-14(11)16(19)20/h2-7H,8H2,1H3,(H,17,18)(H,19,20). The normalized spacial score (nSPS) is 10.8. The number of furan rings is 2. The minimum Gasteiger partial charge on any atom is -0.475 e. The van der Waals surface area contributed by atoms with Crippen molar-refractivity contribution in [3.63, 3.8) is 0 Å². The third-order valence-electron chi connectivity index (χ3n) is 3.39. The molecule has 0 aliphatic heterocycles. The summed E-state index contributed by atoms with van der Waals surface area (Å²) in [4.78, 5) is 23.4. The summed E-state index contributed by atoms with van der Waals surface area (Å²) in [5, 5.41) is 12.6. The number of para-hydroxylation sites is 1. The van der Waals surface area contributed by atoms with Crippen molar-refractivity contribution in [3.05, 3.63) is 59.2 Å². The highest BCUT2D eigenvalue weighted by Gasteiger charge is 2.21. The van der Waals surface area contributed by atoms with E-state index >= 15 is 0 Å². The number of benzene rings is 1. The molecule has 6 nitrogen and oxygen atoms in total. The van der Waals surface area contributed by atoms with Gasteiger partial charge in [-0.1, -0.05) is 18.2 Å². The van der Waals surface area contributed by atoms with Crippen molar-refractivity contribution in [2.45, 2.75) is 13.5 Å². The van der Waals surface area contributed by atoms with E-state index < -0.39 is 11.9 Å². The van der Waals surface area contributed by atoms with E-state index in [1.807, 2.05) is 0 Å². The molecule has 2 N–H and O–H groups in total. The predicted molar refractivity (Wildman–Crippen MR) is 77.8 cm³/mol. The zero-order valence-electron chi connectivity index (χ0n) is 11.8. The van der Waals surface area contributed by atoms with E-state index in [-0.39, 0.29) is 18.1 Å². The molecular formula is C16H13NO5. The molecule has 1 amide bonds. The summed E-state index contributed by atoms with van der Waals surface area (Å²) in [7, 11) is 0. The lowest BCUT2D eigenvalue weighted by atomic mass is 10.1. The summed E-state index contributed by atoms with van der Waals surface area (Å²) < 4.78 is 10.4. The topological polar surface area (TPSA) is 92.7 Å². The molecule has 0 atom stereocenters. The second-order valence-corrected chi connectivity index (χ2v) is 4.83. The molecule has 6 heteroatoms. The molecule has 2 aromatic heterocycles. The second kappa shape index (κ2) is 5.40. The number of hydrogen-bond donors (Lipinski definition) is 2. The highest BCUT2D eigenvalue weighted by Crippen LogP contribution is 2.26. The van der Waals surface area contributed by atoms with Crippen molar-refractivity contribution < 1.29 is 23.5 Å². The summed E-state index contributed by atoms with van der Waals surface area (Å²) in [6.07, 6.45) is 1.43. The summed E-state index contributed by atoms with van der Waals surface area (Å²) in [6.45, 7) is 1.80. The van der Waals surface area contributed by atoms with E-state index in [9.17, 15) is 14.7 Å². The van der Waals surface area contributed by atoms with Gasteiger partial charge in [0.15, 0.2) is 5.76 Å². The number of amides is 1. The quantitative estimate of drug-likeness (QED) is 0.772. The van der Waals surface area contributed by atoms with Crippen LogP contribution >= 0.6 is 0 Å². The lowest BCUT2D eigenvalue weighted by molar-refractivity contribution is 0.0662.